The molecular formula is C78H124N22O19. The SMILES string of the molecule is CC[C@H](C)[C@H](NC(=O)[C@H](Cc1ccccc1)NC(=O)[C@H](CCC(=O)O)NC(=O)[C@H](CCCCN)NC(=O)[C@H](C)NC(=O)[C@H](C)NC(=O)[C@@H](N)CCC(N)=O)C(=O)N[C@@H](C)C(=O)N[C@@H](Cc1c[nH]c2ccccc12)C(=O)N[C@@H](CC(C)C)C(=O)N[C@H](C(=O)N[C@@H](CCCCN)C(=O)NCC(=O)N[C@@H](CCCN=C(N)N)C(=O)NCC(=O)O)C(C)C. The number of benzene rings is 2. The largest absolute Gasteiger partial charge is 0.481 e. The summed E-state index contributed by atoms with van der Waals surface area (Å²) in [4.78, 5) is 238. The van der Waals surface area contributed by atoms with Crippen LogP contribution in [0.2, 0.25) is 0 Å². The molecule has 29 N–H and O–H groups in total. The number of carbonyl (C=O) groups excluding carboxylic acids is 15. The van der Waals surface area contributed by atoms with Crippen LogP contribution in [0, 0.1) is 17.8 Å². The second kappa shape index (κ2) is 52.7. The fourth-order valence-corrected chi connectivity index (χ4v) is 12.1. The Morgan fingerprint density at radius 1 is 0.429 bits per heavy atom. The molecule has 119 heavy (non-hydrogen) atoms. The highest BCUT2D eigenvalue weighted by Crippen LogP contribution is 2.21. The molecule has 1 aromatic heterocycles. The van der Waals surface area contributed by atoms with Crippen LogP contribution in [0.15, 0.2) is 65.8 Å². The molecule has 3 aromatic rings. The number of nitrogens with zero attached hydrogens (tertiary/aromatic N) is 1. The summed E-state index contributed by atoms with van der Waals surface area (Å²) < 4.78 is 0. The standard InChI is InChI=1S/C78H124N22O19/c1-10-43(6)64(100-75(117)57(36-47-21-12-11-13-22-47)98-72(114)55(29-31-61(103)104)94-71(113)54(26-17-19-33-80)93-66(108)45(8)89-65(107)44(7)90-68(110)50(81)28-30-59(82)101)77(119)91-46(9)67(109)96-58(37-48-38-86-51-24-15-14-23-49(48)51)73(115)97-56(35-41(2)3)74(116)99-63(42(4)5)76(118)95-53(25-16-18-32-79)70(112)87-39-60(102)92-52(27-20-34-85-78(83)84)69(111)88-40-62(105)106/h11-15,21-24,38,41-46,50,52-58,63-64,86H,10,16-20,25-37,39-40,79-81H2,1-9H3,(H2,82,101)(H,87,112)(H,88,111)(H,89,107)(H,90,110)(H,91,119)(H,92,102)(H,93,108)(H,94,113)(H,95,118)(H,96,109)(H,97,115)(H,98,114)(H,99,116)(H,100,117)(H,103,104)(H,105,106)(H4,83,84,85)/t43-,44-,45-,46-,50-,52-,53-,54-,55-,56-,57-,58-,63-,64-/m0/s1. The Morgan fingerprint density at radius 2 is 0.874 bits per heavy atom. The van der Waals surface area contributed by atoms with Crippen molar-refractivity contribution in [3.05, 3.63) is 71.9 Å². The van der Waals surface area contributed by atoms with Gasteiger partial charge in [-0.25, -0.2) is 0 Å². The zero-order valence-corrected chi connectivity index (χ0v) is 69.1. The first kappa shape index (κ1) is 101. The van der Waals surface area contributed by atoms with E-state index < -0.39 is 217 Å². The quantitative estimate of drug-likeness (QED) is 0.0144. The minimum absolute atomic E-state index is 0.00901. The van der Waals surface area contributed by atoms with E-state index in [4.69, 9.17) is 39.5 Å². The molecule has 41 heteroatoms. The monoisotopic (exact) mass is 1670 g/mol. The first-order valence-electron chi connectivity index (χ1n) is 39.9. The average Bonchev–Trinajstić information content (AvgIpc) is 1.69. The maximum atomic E-state index is 15.0. The number of hydrogen-bond donors (Lipinski definition) is 23. The van der Waals surface area contributed by atoms with Gasteiger partial charge in [0, 0.05) is 49.3 Å². The van der Waals surface area contributed by atoms with E-state index in [1.165, 1.54) is 20.8 Å². The number of aromatic amines is 1. The van der Waals surface area contributed by atoms with Crippen LogP contribution in [0.1, 0.15) is 163 Å². The van der Waals surface area contributed by atoms with E-state index in [-0.39, 0.29) is 102 Å². The number of aromatic nitrogens is 1. The first-order valence-corrected chi connectivity index (χ1v) is 39.9. The van der Waals surface area contributed by atoms with Crippen LogP contribution in [0.25, 0.3) is 10.9 Å². The molecule has 15 amide bonds. The number of guanidine groups is 1. The maximum Gasteiger partial charge on any atom is 0.322 e. The predicted octanol–water partition coefficient (Wildman–Crippen LogP) is -4.34. The number of fused-ring (bicyclic) bond motifs is 1. The lowest BCUT2D eigenvalue weighted by Crippen LogP contribution is -2.61. The third-order valence-electron chi connectivity index (χ3n) is 19.2. The number of aliphatic carboxylic acids is 2. The fraction of sp³-hybridized carbons (Fsp3) is 0.590. The number of para-hydroxylation sites is 1. The molecule has 0 spiro atoms. The minimum atomic E-state index is -1.68. The van der Waals surface area contributed by atoms with Crippen molar-refractivity contribution < 1.29 is 91.7 Å². The van der Waals surface area contributed by atoms with Gasteiger partial charge in [-0.3, -0.25) is 86.5 Å². The molecule has 0 aliphatic rings. The number of carboxylic acids is 2. The molecule has 0 radical (unpaired) electrons. The molecule has 0 unspecified atom stereocenters. The fourth-order valence-electron chi connectivity index (χ4n) is 12.1. The topological polar surface area (TPSA) is 683 Å². The van der Waals surface area contributed by atoms with E-state index in [1.54, 1.807) is 102 Å². The number of carbonyl (C=O) groups is 17. The Labute approximate surface area is 691 Å². The molecule has 3 rings (SSSR count). The number of unbranched alkanes of at least 4 members (excludes halogenated alkanes) is 2. The third-order valence-corrected chi connectivity index (χ3v) is 19.2. The number of nitrogens with two attached hydrogens (primary N) is 6. The van der Waals surface area contributed by atoms with Crippen molar-refractivity contribution in [3.63, 3.8) is 0 Å². The number of amides is 15. The van der Waals surface area contributed by atoms with E-state index >= 15 is 0 Å². The van der Waals surface area contributed by atoms with Gasteiger partial charge in [0.05, 0.1) is 12.6 Å². The number of nitrogens with one attached hydrogen (secondary N) is 15. The van der Waals surface area contributed by atoms with E-state index in [0.29, 0.717) is 41.3 Å². The summed E-state index contributed by atoms with van der Waals surface area (Å²) in [5, 5.41) is 55.5. The van der Waals surface area contributed by atoms with Crippen molar-refractivity contribution in [1.29, 1.82) is 0 Å². The van der Waals surface area contributed by atoms with Crippen molar-refractivity contribution in [1.82, 2.24) is 79.4 Å². The van der Waals surface area contributed by atoms with Crippen molar-refractivity contribution >= 4 is 117 Å². The number of H-pyrrole nitrogens is 1. The summed E-state index contributed by atoms with van der Waals surface area (Å²) in [6.07, 6.45) is 1.46. The molecule has 0 bridgehead atoms. The summed E-state index contributed by atoms with van der Waals surface area (Å²) in [5.41, 5.74) is 35.0. The van der Waals surface area contributed by atoms with Crippen LogP contribution in [0.3, 0.4) is 0 Å². The minimum Gasteiger partial charge on any atom is -0.481 e. The lowest BCUT2D eigenvalue weighted by molar-refractivity contribution is -0.139. The molecule has 0 aliphatic heterocycles. The Morgan fingerprint density at radius 3 is 1.43 bits per heavy atom. The van der Waals surface area contributed by atoms with Crippen LogP contribution in [0.4, 0.5) is 0 Å². The van der Waals surface area contributed by atoms with Gasteiger partial charge in [0.25, 0.3) is 0 Å². The van der Waals surface area contributed by atoms with Crippen molar-refractivity contribution in [2.75, 3.05) is 32.7 Å². The number of hydrogen-bond acceptors (Lipinski definition) is 21. The normalized spacial score (nSPS) is 14.7. The second-order valence-electron chi connectivity index (χ2n) is 30.1. The molecule has 0 saturated heterocycles. The van der Waals surface area contributed by atoms with Gasteiger partial charge in [-0.05, 0) is 139 Å². The Hall–Kier alpha value is -11.9. The van der Waals surface area contributed by atoms with Gasteiger partial charge in [0.2, 0.25) is 88.6 Å². The smallest absolute Gasteiger partial charge is 0.322 e. The molecule has 660 valence electrons. The van der Waals surface area contributed by atoms with E-state index in [1.807, 2.05) is 0 Å². The van der Waals surface area contributed by atoms with Gasteiger partial charge in [-0.1, -0.05) is 96.5 Å². The average molecular weight is 1670 g/mol. The molecule has 41 nitrogen and oxygen atoms in total. The van der Waals surface area contributed by atoms with Crippen LogP contribution in [-0.4, -0.2) is 233 Å². The highest BCUT2D eigenvalue weighted by molar-refractivity contribution is 6.01. The zero-order valence-electron chi connectivity index (χ0n) is 69.1. The van der Waals surface area contributed by atoms with E-state index in [9.17, 15) is 86.6 Å². The van der Waals surface area contributed by atoms with Crippen molar-refractivity contribution in [3.8, 4) is 0 Å². The van der Waals surface area contributed by atoms with Gasteiger partial charge in [-0.15, -0.1) is 0 Å². The van der Waals surface area contributed by atoms with Gasteiger partial charge in [-0.2, -0.15) is 0 Å². The number of primary amides is 1. The lowest BCUT2D eigenvalue weighted by Gasteiger charge is -2.30. The first-order chi connectivity index (χ1) is 56.2. The predicted molar refractivity (Wildman–Crippen MR) is 439 cm³/mol. The zero-order chi connectivity index (χ0) is 89.2. The van der Waals surface area contributed by atoms with E-state index in [0.717, 1.165) is 0 Å². The summed E-state index contributed by atoms with van der Waals surface area (Å²) in [7, 11) is 0. The Balaban J connectivity index is 1.93. The van der Waals surface area contributed by atoms with Gasteiger partial charge in [0.1, 0.15) is 79.0 Å². The van der Waals surface area contributed by atoms with Gasteiger partial charge in [0.15, 0.2) is 5.96 Å². The maximum absolute atomic E-state index is 15.0. The molecule has 0 aliphatic carbocycles. The summed E-state index contributed by atoms with van der Waals surface area (Å²) >= 11 is 0. The third kappa shape index (κ3) is 37.5. The molecule has 0 fully saturated rings. The number of rotatable bonds is 56. The highest BCUT2D eigenvalue weighted by atomic mass is 16.4. The number of carboxylic acid groups (broad SMARTS) is 2. The molecule has 0 saturated carbocycles. The molecular weight excluding hydrogens is 1550 g/mol. The second-order valence-corrected chi connectivity index (χ2v) is 30.1. The van der Waals surface area contributed by atoms with Crippen LogP contribution >= 0.6 is 0 Å². The lowest BCUT2D eigenvalue weighted by atomic mass is 9.96. The molecule has 14 atom stereocenters. The van der Waals surface area contributed by atoms with E-state index in [2.05, 4.69) is 84.4 Å². The van der Waals surface area contributed by atoms with Gasteiger partial charge < -0.3 is 124 Å². The van der Waals surface area contributed by atoms with Crippen molar-refractivity contribution in [2.24, 2.45) is 57.1 Å². The molecule has 1 heterocycles. The van der Waals surface area contributed by atoms with Crippen molar-refractivity contribution in [2.45, 2.75) is 244 Å². The molecule has 2 aromatic carbocycles. The highest BCUT2D eigenvalue weighted by Gasteiger charge is 2.38. The Kier molecular flexibility index (Phi) is 44.9. The Bertz CT molecular complexity index is 3950. The number of aliphatic imine (C=N–C) groups is 1. The summed E-state index contributed by atoms with van der Waals surface area (Å²) in [5.74, 6) is -17.5. The van der Waals surface area contributed by atoms with Gasteiger partial charge >= 0.3 is 11.9 Å². The van der Waals surface area contributed by atoms with Crippen LogP contribution in [-0.2, 0) is 94.3 Å². The summed E-state index contributed by atoms with van der Waals surface area (Å²) in [6, 6.07) is -2.62. The summed E-state index contributed by atoms with van der Waals surface area (Å²) in [6.45, 7) is 13.1. The van der Waals surface area contributed by atoms with Crippen LogP contribution < -0.4 is 109 Å². The van der Waals surface area contributed by atoms with Crippen LogP contribution in [0.5, 0.6) is 0 Å².